The Balaban J connectivity index is 1.55. The summed E-state index contributed by atoms with van der Waals surface area (Å²) in [7, 11) is 2.16. The monoisotopic (exact) mass is 333 g/mol. The highest BCUT2D eigenvalue weighted by molar-refractivity contribution is 7.14. The molecule has 1 amide bonds. The van der Waals surface area contributed by atoms with E-state index in [4.69, 9.17) is 4.42 Å². The Labute approximate surface area is 140 Å². The third kappa shape index (κ3) is 4.22. The Hall–Kier alpha value is -1.63. The minimum atomic E-state index is -0.124. The molecule has 23 heavy (non-hydrogen) atoms. The zero-order valence-electron chi connectivity index (χ0n) is 13.6. The van der Waals surface area contributed by atoms with E-state index in [1.165, 1.54) is 4.88 Å². The molecule has 3 heterocycles. The summed E-state index contributed by atoms with van der Waals surface area (Å²) in [6, 6.07) is 7.56. The molecule has 1 N–H and O–H groups in total. The fourth-order valence-corrected chi connectivity index (χ4v) is 3.64. The van der Waals surface area contributed by atoms with Crippen LogP contribution in [0.5, 0.6) is 0 Å². The van der Waals surface area contributed by atoms with Crippen LogP contribution in [0.2, 0.25) is 0 Å². The van der Waals surface area contributed by atoms with Crippen LogP contribution in [0.3, 0.4) is 0 Å². The fourth-order valence-electron chi connectivity index (χ4n) is 2.69. The van der Waals surface area contributed by atoms with E-state index >= 15 is 0 Å². The largest absolute Gasteiger partial charge is 0.467 e. The summed E-state index contributed by atoms with van der Waals surface area (Å²) < 4.78 is 5.32. The first kappa shape index (κ1) is 16.2. The van der Waals surface area contributed by atoms with Gasteiger partial charge < -0.3 is 14.6 Å². The zero-order chi connectivity index (χ0) is 16.2. The molecule has 2 aromatic heterocycles. The van der Waals surface area contributed by atoms with Gasteiger partial charge >= 0.3 is 0 Å². The number of hydrogen-bond acceptors (Lipinski definition) is 5. The number of nitrogens with zero attached hydrogens (tertiary/aromatic N) is 2. The van der Waals surface area contributed by atoms with E-state index in [0.29, 0.717) is 0 Å². The predicted molar refractivity (Wildman–Crippen MR) is 91.7 cm³/mol. The molecule has 0 bridgehead atoms. The smallest absolute Gasteiger partial charge is 0.261 e. The average molecular weight is 333 g/mol. The SMILES string of the molecule is CC(NC(=O)c1ccc(CN2CCN(C)CC2)s1)c1ccco1. The minimum Gasteiger partial charge on any atom is -0.467 e. The van der Waals surface area contributed by atoms with Crippen molar-refractivity contribution < 1.29 is 9.21 Å². The summed E-state index contributed by atoms with van der Waals surface area (Å²) in [6.07, 6.45) is 1.62. The Morgan fingerprint density at radius 1 is 1.30 bits per heavy atom. The summed E-state index contributed by atoms with van der Waals surface area (Å²) in [6.45, 7) is 7.25. The van der Waals surface area contributed by atoms with Crippen molar-refractivity contribution in [2.45, 2.75) is 19.5 Å². The molecule has 6 heteroatoms. The standard InChI is InChI=1S/C17H23N3O2S/c1-13(15-4-3-11-22-15)18-17(21)16-6-5-14(23-16)12-20-9-7-19(2)8-10-20/h3-6,11,13H,7-10,12H2,1-2H3,(H,18,21). The van der Waals surface area contributed by atoms with E-state index in [-0.39, 0.29) is 11.9 Å². The van der Waals surface area contributed by atoms with Gasteiger partial charge in [0.1, 0.15) is 5.76 Å². The summed E-state index contributed by atoms with van der Waals surface area (Å²) in [5, 5.41) is 2.98. The molecule has 0 aliphatic carbocycles. The molecule has 1 saturated heterocycles. The van der Waals surface area contributed by atoms with E-state index in [1.807, 2.05) is 25.1 Å². The lowest BCUT2D eigenvalue weighted by molar-refractivity contribution is 0.0939. The number of carbonyl (C=O) groups is 1. The van der Waals surface area contributed by atoms with Gasteiger partial charge in [0.05, 0.1) is 17.2 Å². The number of furan rings is 1. The van der Waals surface area contributed by atoms with Crippen molar-refractivity contribution in [1.82, 2.24) is 15.1 Å². The molecule has 1 fully saturated rings. The lowest BCUT2D eigenvalue weighted by Crippen LogP contribution is -2.43. The van der Waals surface area contributed by atoms with Crippen molar-refractivity contribution in [2.24, 2.45) is 0 Å². The molecular weight excluding hydrogens is 310 g/mol. The van der Waals surface area contributed by atoms with Gasteiger partial charge in [0.2, 0.25) is 0 Å². The number of piperazine rings is 1. The van der Waals surface area contributed by atoms with Crippen LogP contribution < -0.4 is 5.32 Å². The van der Waals surface area contributed by atoms with Crippen LogP contribution in [0.25, 0.3) is 0 Å². The number of carbonyl (C=O) groups excluding carboxylic acids is 1. The van der Waals surface area contributed by atoms with E-state index in [0.717, 1.165) is 43.4 Å². The number of likely N-dealkylation sites (N-methyl/N-ethyl adjacent to an activating group) is 1. The second kappa shape index (κ2) is 7.29. The number of amides is 1. The highest BCUT2D eigenvalue weighted by Crippen LogP contribution is 2.20. The second-order valence-corrected chi connectivity index (χ2v) is 7.22. The first-order valence-corrected chi connectivity index (χ1v) is 8.77. The number of nitrogens with one attached hydrogen (secondary N) is 1. The number of rotatable bonds is 5. The fraction of sp³-hybridized carbons (Fsp3) is 0.471. The van der Waals surface area contributed by atoms with Crippen molar-refractivity contribution >= 4 is 17.2 Å². The third-order valence-corrected chi connectivity index (χ3v) is 5.25. The summed E-state index contributed by atoms with van der Waals surface area (Å²) in [5.41, 5.74) is 0. The zero-order valence-corrected chi connectivity index (χ0v) is 14.4. The average Bonchev–Trinajstić information content (AvgIpc) is 3.21. The van der Waals surface area contributed by atoms with Crippen LogP contribution in [-0.2, 0) is 6.54 Å². The van der Waals surface area contributed by atoms with E-state index in [9.17, 15) is 4.79 Å². The van der Waals surface area contributed by atoms with Crippen LogP contribution in [0.4, 0.5) is 0 Å². The molecule has 1 aliphatic heterocycles. The van der Waals surface area contributed by atoms with Crippen LogP contribution in [0.15, 0.2) is 34.9 Å². The van der Waals surface area contributed by atoms with Crippen molar-refractivity contribution in [3.05, 3.63) is 46.0 Å². The van der Waals surface area contributed by atoms with E-state index < -0.39 is 0 Å². The summed E-state index contributed by atoms with van der Waals surface area (Å²) in [5.74, 6) is 0.732. The third-order valence-electron chi connectivity index (χ3n) is 4.18. The van der Waals surface area contributed by atoms with Crippen LogP contribution in [-0.4, -0.2) is 48.9 Å². The first-order valence-electron chi connectivity index (χ1n) is 7.95. The highest BCUT2D eigenvalue weighted by Gasteiger charge is 2.17. The molecular formula is C17H23N3O2S. The molecule has 5 nitrogen and oxygen atoms in total. The topological polar surface area (TPSA) is 48.7 Å². The maximum Gasteiger partial charge on any atom is 0.261 e. The Bertz CT molecular complexity index is 630. The molecule has 0 spiro atoms. The molecule has 1 aliphatic rings. The molecule has 2 aromatic rings. The van der Waals surface area contributed by atoms with Gasteiger partial charge in [0.25, 0.3) is 5.91 Å². The van der Waals surface area contributed by atoms with Crippen molar-refractivity contribution in [2.75, 3.05) is 33.2 Å². The molecule has 124 valence electrons. The molecule has 0 radical (unpaired) electrons. The van der Waals surface area contributed by atoms with Crippen LogP contribution >= 0.6 is 11.3 Å². The maximum atomic E-state index is 12.3. The van der Waals surface area contributed by atoms with Crippen molar-refractivity contribution in [3.63, 3.8) is 0 Å². The normalized spacial score (nSPS) is 18.0. The Morgan fingerprint density at radius 3 is 2.78 bits per heavy atom. The number of hydrogen-bond donors (Lipinski definition) is 1. The summed E-state index contributed by atoms with van der Waals surface area (Å²) in [4.78, 5) is 19.1. The van der Waals surface area contributed by atoms with Gasteiger partial charge in [0.15, 0.2) is 0 Å². The van der Waals surface area contributed by atoms with E-state index in [2.05, 4.69) is 28.2 Å². The quantitative estimate of drug-likeness (QED) is 0.914. The van der Waals surface area contributed by atoms with Gasteiger partial charge in [-0.15, -0.1) is 11.3 Å². The lowest BCUT2D eigenvalue weighted by atomic mass is 10.2. The lowest BCUT2D eigenvalue weighted by Gasteiger charge is -2.31. The molecule has 0 saturated carbocycles. The van der Waals surface area contributed by atoms with Gasteiger partial charge in [-0.25, -0.2) is 0 Å². The predicted octanol–water partition coefficient (Wildman–Crippen LogP) is 2.58. The van der Waals surface area contributed by atoms with Crippen molar-refractivity contribution in [1.29, 1.82) is 0 Å². The first-order chi connectivity index (χ1) is 11.1. The van der Waals surface area contributed by atoms with Crippen LogP contribution in [0.1, 0.15) is 33.3 Å². The van der Waals surface area contributed by atoms with E-state index in [1.54, 1.807) is 17.6 Å². The van der Waals surface area contributed by atoms with Gasteiger partial charge in [-0.05, 0) is 38.2 Å². The minimum absolute atomic E-state index is 0.0384. The summed E-state index contributed by atoms with van der Waals surface area (Å²) >= 11 is 1.58. The molecule has 0 aromatic carbocycles. The van der Waals surface area contributed by atoms with Gasteiger partial charge in [-0.1, -0.05) is 0 Å². The number of thiophene rings is 1. The highest BCUT2D eigenvalue weighted by atomic mass is 32.1. The molecule has 3 rings (SSSR count). The maximum absolute atomic E-state index is 12.3. The van der Waals surface area contributed by atoms with Gasteiger partial charge in [0, 0.05) is 37.6 Å². The van der Waals surface area contributed by atoms with Gasteiger partial charge in [-0.3, -0.25) is 9.69 Å². The Kier molecular flexibility index (Phi) is 5.15. The Morgan fingerprint density at radius 2 is 2.09 bits per heavy atom. The molecule has 1 unspecified atom stereocenters. The van der Waals surface area contributed by atoms with Crippen molar-refractivity contribution in [3.8, 4) is 0 Å². The molecule has 1 atom stereocenters. The van der Waals surface area contributed by atoms with Gasteiger partial charge in [-0.2, -0.15) is 0 Å². The van der Waals surface area contributed by atoms with Crippen LogP contribution in [0, 0.1) is 0 Å². The second-order valence-electron chi connectivity index (χ2n) is 6.06.